The number of aryl methyl sites for hydroxylation is 1. The Bertz CT molecular complexity index is 545. The fourth-order valence-corrected chi connectivity index (χ4v) is 2.14. The molecule has 3 N–H and O–H groups in total. The first kappa shape index (κ1) is 18.6. The molecule has 5 nitrogen and oxygen atoms in total. The average molecular weight is 335 g/mol. The van der Waals surface area contributed by atoms with Crippen LogP contribution in [0, 0.1) is 6.92 Å². The summed E-state index contributed by atoms with van der Waals surface area (Å²) in [5, 5.41) is 5.68. The largest absolute Gasteiger partial charge is 0.397 e. The molecule has 8 heteroatoms. The van der Waals surface area contributed by atoms with Crippen LogP contribution in [-0.2, 0) is 17.8 Å². The summed E-state index contributed by atoms with van der Waals surface area (Å²) >= 11 is 1.54. The van der Waals surface area contributed by atoms with Gasteiger partial charge in [0.25, 0.3) is 0 Å². The van der Waals surface area contributed by atoms with Crippen molar-refractivity contribution < 1.29 is 4.79 Å². The Labute approximate surface area is 133 Å². The number of hydrogen-bond donors (Lipinski definition) is 2. The molecule has 0 saturated heterocycles. The van der Waals surface area contributed by atoms with Crippen molar-refractivity contribution in [1.29, 1.82) is 0 Å². The van der Waals surface area contributed by atoms with Crippen LogP contribution in [0.25, 0.3) is 0 Å². The van der Waals surface area contributed by atoms with E-state index in [2.05, 4.69) is 15.3 Å². The minimum absolute atomic E-state index is 0. The molecule has 0 atom stereocenters. The Morgan fingerprint density at radius 3 is 2.70 bits per heavy atom. The second kappa shape index (κ2) is 8.73. The van der Waals surface area contributed by atoms with Crippen LogP contribution in [0.1, 0.15) is 16.4 Å². The molecule has 2 aromatic rings. The Hall–Kier alpha value is -1.37. The lowest BCUT2D eigenvalue weighted by molar-refractivity contribution is -0.120. The van der Waals surface area contributed by atoms with Gasteiger partial charge in [-0.2, -0.15) is 0 Å². The second-order valence-corrected chi connectivity index (χ2v) is 4.86. The van der Waals surface area contributed by atoms with Gasteiger partial charge in [0.2, 0.25) is 5.91 Å². The number of carbonyl (C=O) groups excluding carboxylic acids is 1. The summed E-state index contributed by atoms with van der Waals surface area (Å²) in [7, 11) is 0. The molecule has 1 amide bonds. The molecule has 0 fully saturated rings. The first-order valence-corrected chi connectivity index (χ1v) is 6.39. The number of nitrogens with two attached hydrogens (primary N) is 1. The van der Waals surface area contributed by atoms with Crippen LogP contribution in [0.4, 0.5) is 5.69 Å². The number of anilines is 1. The van der Waals surface area contributed by atoms with Crippen LogP contribution in [-0.4, -0.2) is 15.9 Å². The van der Waals surface area contributed by atoms with Gasteiger partial charge in [-0.3, -0.25) is 9.78 Å². The summed E-state index contributed by atoms with van der Waals surface area (Å²) in [6, 6.07) is 3.49. The molecule has 0 aliphatic rings. The van der Waals surface area contributed by atoms with Crippen molar-refractivity contribution in [2.24, 2.45) is 0 Å². The van der Waals surface area contributed by atoms with Crippen molar-refractivity contribution in [3.05, 3.63) is 40.1 Å². The van der Waals surface area contributed by atoms with E-state index in [0.29, 0.717) is 17.9 Å². The summed E-state index contributed by atoms with van der Waals surface area (Å²) < 4.78 is 0. The highest BCUT2D eigenvalue weighted by molar-refractivity contribution is 7.09. The molecule has 0 aliphatic carbocycles. The number of hydrogen-bond acceptors (Lipinski definition) is 5. The van der Waals surface area contributed by atoms with E-state index in [1.165, 1.54) is 0 Å². The van der Waals surface area contributed by atoms with Gasteiger partial charge in [-0.1, -0.05) is 0 Å². The zero-order valence-electron chi connectivity index (χ0n) is 10.8. The number of halogens is 2. The molecular formula is C12H16Cl2N4OS. The maximum Gasteiger partial charge on any atom is 0.226 e. The Morgan fingerprint density at radius 1 is 1.40 bits per heavy atom. The number of rotatable bonds is 4. The molecule has 0 aliphatic heterocycles. The summed E-state index contributed by atoms with van der Waals surface area (Å²) in [5.74, 6) is -0.0693. The molecule has 2 rings (SSSR count). The van der Waals surface area contributed by atoms with Gasteiger partial charge in [-0.15, -0.1) is 36.2 Å². The fraction of sp³-hybridized carbons (Fsp3) is 0.250. The van der Waals surface area contributed by atoms with Crippen molar-refractivity contribution in [3.63, 3.8) is 0 Å². The van der Waals surface area contributed by atoms with E-state index in [-0.39, 0.29) is 37.1 Å². The van der Waals surface area contributed by atoms with E-state index < -0.39 is 0 Å². The van der Waals surface area contributed by atoms with Gasteiger partial charge in [-0.25, -0.2) is 4.98 Å². The Balaban J connectivity index is 0.00000180. The summed E-state index contributed by atoms with van der Waals surface area (Å²) in [4.78, 5) is 20.0. The van der Waals surface area contributed by atoms with E-state index in [0.717, 1.165) is 10.7 Å². The summed E-state index contributed by atoms with van der Waals surface area (Å²) in [6.45, 7) is 2.40. The minimum Gasteiger partial charge on any atom is -0.397 e. The summed E-state index contributed by atoms with van der Waals surface area (Å²) in [6.07, 6.45) is 1.80. The number of nitrogen functional groups attached to an aromatic ring is 1. The molecular weight excluding hydrogens is 319 g/mol. The number of nitrogens with zero attached hydrogens (tertiary/aromatic N) is 2. The Morgan fingerprint density at radius 2 is 2.15 bits per heavy atom. The lowest BCUT2D eigenvalue weighted by atomic mass is 10.2. The second-order valence-electron chi connectivity index (χ2n) is 3.92. The first-order chi connectivity index (χ1) is 8.63. The van der Waals surface area contributed by atoms with E-state index in [1.807, 2.05) is 12.3 Å². The number of thiazole rings is 1. The van der Waals surface area contributed by atoms with Crippen LogP contribution in [0.3, 0.4) is 0 Å². The van der Waals surface area contributed by atoms with Gasteiger partial charge in [-0.05, 0) is 19.1 Å². The number of amides is 1. The molecule has 2 aromatic heterocycles. The van der Waals surface area contributed by atoms with Crippen molar-refractivity contribution in [2.45, 2.75) is 19.9 Å². The van der Waals surface area contributed by atoms with Gasteiger partial charge in [0.15, 0.2) is 0 Å². The highest BCUT2D eigenvalue weighted by Gasteiger charge is 2.05. The normalized spacial score (nSPS) is 9.25. The van der Waals surface area contributed by atoms with Crippen molar-refractivity contribution in [1.82, 2.24) is 15.3 Å². The van der Waals surface area contributed by atoms with Gasteiger partial charge >= 0.3 is 0 Å². The zero-order valence-corrected chi connectivity index (χ0v) is 13.3. The van der Waals surface area contributed by atoms with Crippen LogP contribution >= 0.6 is 36.2 Å². The highest BCUT2D eigenvalue weighted by atomic mass is 35.5. The molecule has 110 valence electrons. The third-order valence-electron chi connectivity index (χ3n) is 2.29. The van der Waals surface area contributed by atoms with Crippen molar-refractivity contribution in [2.75, 3.05) is 5.73 Å². The van der Waals surface area contributed by atoms with E-state index in [1.54, 1.807) is 29.7 Å². The number of pyridine rings is 1. The highest BCUT2D eigenvalue weighted by Crippen LogP contribution is 2.08. The maximum atomic E-state index is 11.7. The van der Waals surface area contributed by atoms with Gasteiger partial charge in [0.1, 0.15) is 5.01 Å². The fourth-order valence-electron chi connectivity index (χ4n) is 1.43. The van der Waals surface area contributed by atoms with E-state index >= 15 is 0 Å². The van der Waals surface area contributed by atoms with Crippen molar-refractivity contribution in [3.8, 4) is 0 Å². The SMILES string of the molecule is Cc1csc(CNC(=O)Cc2ccc(N)cn2)n1.Cl.Cl. The van der Waals surface area contributed by atoms with Crippen LogP contribution < -0.4 is 11.1 Å². The van der Waals surface area contributed by atoms with Crippen LogP contribution in [0.15, 0.2) is 23.7 Å². The molecule has 0 radical (unpaired) electrons. The standard InChI is InChI=1S/C12H14N4OS.2ClH/c1-8-7-18-12(16-8)6-15-11(17)4-10-3-2-9(13)5-14-10;;/h2-3,5,7H,4,6,13H2,1H3,(H,15,17);2*1H. The lowest BCUT2D eigenvalue weighted by Crippen LogP contribution is -2.24. The molecule has 0 saturated carbocycles. The molecule has 0 aromatic carbocycles. The quantitative estimate of drug-likeness (QED) is 0.897. The van der Waals surface area contributed by atoms with Gasteiger partial charge in [0, 0.05) is 16.8 Å². The number of aromatic nitrogens is 2. The first-order valence-electron chi connectivity index (χ1n) is 5.51. The zero-order chi connectivity index (χ0) is 13.0. The third kappa shape index (κ3) is 5.73. The van der Waals surface area contributed by atoms with Crippen LogP contribution in [0.5, 0.6) is 0 Å². The molecule has 0 bridgehead atoms. The van der Waals surface area contributed by atoms with Gasteiger partial charge < -0.3 is 11.1 Å². The van der Waals surface area contributed by atoms with E-state index in [4.69, 9.17) is 5.73 Å². The Kier molecular flexibility index (Phi) is 8.13. The minimum atomic E-state index is -0.0693. The molecule has 0 spiro atoms. The average Bonchev–Trinajstić information content (AvgIpc) is 2.76. The molecule has 20 heavy (non-hydrogen) atoms. The third-order valence-corrected chi connectivity index (χ3v) is 3.26. The predicted octanol–water partition coefficient (Wildman–Crippen LogP) is 2.13. The number of carbonyl (C=O) groups is 1. The lowest BCUT2D eigenvalue weighted by Gasteiger charge is -2.03. The monoisotopic (exact) mass is 334 g/mol. The maximum absolute atomic E-state index is 11.7. The molecule has 2 heterocycles. The van der Waals surface area contributed by atoms with Crippen molar-refractivity contribution >= 4 is 47.7 Å². The summed E-state index contributed by atoms with van der Waals surface area (Å²) in [5.41, 5.74) is 7.80. The number of nitrogens with one attached hydrogen (secondary N) is 1. The van der Waals surface area contributed by atoms with Crippen LogP contribution in [0.2, 0.25) is 0 Å². The van der Waals surface area contributed by atoms with Gasteiger partial charge in [0.05, 0.1) is 24.8 Å². The smallest absolute Gasteiger partial charge is 0.226 e. The topological polar surface area (TPSA) is 80.9 Å². The molecule has 0 unspecified atom stereocenters. The van der Waals surface area contributed by atoms with E-state index in [9.17, 15) is 4.79 Å². The predicted molar refractivity (Wildman–Crippen MR) is 85.5 cm³/mol.